The molecule has 4 rings (SSSR count). The van der Waals surface area contributed by atoms with E-state index in [1.54, 1.807) is 45.9 Å². The van der Waals surface area contributed by atoms with Crippen molar-refractivity contribution in [3.8, 4) is 23.0 Å². The minimum atomic E-state index is -1.25. The number of carboxylic acid groups (broad SMARTS) is 1. The fourth-order valence-electron chi connectivity index (χ4n) is 7.47. The van der Waals surface area contributed by atoms with Crippen molar-refractivity contribution < 1.29 is 57.5 Å². The second-order valence-electron chi connectivity index (χ2n) is 15.8. The van der Waals surface area contributed by atoms with Gasteiger partial charge in [0.15, 0.2) is 34.4 Å². The van der Waals surface area contributed by atoms with Gasteiger partial charge >= 0.3 is 11.9 Å². The number of aliphatic carboxylic acids is 1. The van der Waals surface area contributed by atoms with Gasteiger partial charge in [0.25, 0.3) is 11.8 Å². The first-order valence-electron chi connectivity index (χ1n) is 20.1. The number of carbonyl (C=O) groups is 4. The Morgan fingerprint density at radius 3 is 1.58 bits per heavy atom. The Labute approximate surface area is 361 Å². The molecule has 16 heteroatoms. The predicted octanol–water partition coefficient (Wildman–Crippen LogP) is 7.72. The monoisotopic (exact) mass is 864 g/mol. The van der Waals surface area contributed by atoms with Gasteiger partial charge < -0.3 is 39.7 Å². The number of nitrogens with one attached hydrogen (secondary N) is 1. The summed E-state index contributed by atoms with van der Waals surface area (Å²) in [6.07, 6.45) is 1.97. The molecule has 4 N–H and O–H groups in total. The first kappa shape index (κ1) is 50.0. The smallest absolute Gasteiger partial charge is 0.328 e. The Kier molecular flexibility index (Phi) is 17.7. The molecule has 2 aromatic carbocycles. The van der Waals surface area contributed by atoms with Crippen molar-refractivity contribution >= 4 is 23.8 Å². The summed E-state index contributed by atoms with van der Waals surface area (Å²) in [5, 5.41) is 32.6. The lowest BCUT2D eigenvalue weighted by Gasteiger charge is -2.39. The van der Waals surface area contributed by atoms with Gasteiger partial charge in [0.1, 0.15) is 29.8 Å². The lowest BCUT2D eigenvalue weighted by Crippen LogP contribution is -2.51. The molecule has 0 spiro atoms. The summed E-state index contributed by atoms with van der Waals surface area (Å²) in [6.45, 7) is 17.4. The van der Waals surface area contributed by atoms with E-state index in [9.17, 15) is 43.3 Å². The van der Waals surface area contributed by atoms with E-state index in [1.165, 1.54) is 64.7 Å². The van der Waals surface area contributed by atoms with E-state index in [-0.39, 0.29) is 46.5 Å². The number of hydrogen-bond acceptors (Lipinski definition) is 11. The molecular formula is C46H58F2N4O10. The van der Waals surface area contributed by atoms with Gasteiger partial charge in [-0.15, -0.1) is 0 Å². The number of carbonyl (C=O) groups excluding carboxylic acids is 3. The summed E-state index contributed by atoms with van der Waals surface area (Å²) in [7, 11) is 2.68. The maximum absolute atomic E-state index is 14.8. The van der Waals surface area contributed by atoms with Gasteiger partial charge in [0, 0.05) is 42.4 Å². The zero-order chi connectivity index (χ0) is 46.7. The van der Waals surface area contributed by atoms with E-state index < -0.39 is 71.2 Å². The van der Waals surface area contributed by atoms with Crippen LogP contribution < -0.4 is 14.8 Å². The third-order valence-electron chi connectivity index (χ3n) is 10.6. The van der Waals surface area contributed by atoms with Crippen LogP contribution in [-0.4, -0.2) is 92.4 Å². The highest BCUT2D eigenvalue weighted by atomic mass is 19.1. The van der Waals surface area contributed by atoms with Crippen molar-refractivity contribution in [1.29, 1.82) is 0 Å². The Hall–Kier alpha value is -6.32. The van der Waals surface area contributed by atoms with Crippen LogP contribution in [-0.2, 0) is 14.3 Å². The first-order chi connectivity index (χ1) is 29.1. The fraction of sp³-hybridized carbons (Fsp3) is 0.435. The van der Waals surface area contributed by atoms with Crippen LogP contribution >= 0.6 is 0 Å². The van der Waals surface area contributed by atoms with Crippen LogP contribution in [0.1, 0.15) is 110 Å². The van der Waals surface area contributed by atoms with E-state index in [0.29, 0.717) is 11.1 Å². The zero-order valence-corrected chi connectivity index (χ0v) is 37.2. The number of aromatic nitrogens is 2. The maximum Gasteiger partial charge on any atom is 0.328 e. The van der Waals surface area contributed by atoms with E-state index in [0.717, 1.165) is 16.0 Å². The highest BCUT2D eigenvalue weighted by molar-refractivity contribution is 5.98. The topological polar surface area (TPSA) is 198 Å². The Morgan fingerprint density at radius 1 is 0.694 bits per heavy atom. The van der Waals surface area contributed by atoms with Gasteiger partial charge in [0.2, 0.25) is 0 Å². The van der Waals surface area contributed by atoms with Gasteiger partial charge in [-0.2, -0.15) is 0 Å². The molecule has 14 nitrogen and oxygen atoms in total. The highest BCUT2D eigenvalue weighted by Crippen LogP contribution is 2.37. The number of nitrogens with zero attached hydrogens (tertiary/aromatic N) is 3. The molecule has 0 saturated heterocycles. The molecule has 0 aliphatic heterocycles. The number of aromatic hydroxyl groups is 2. The van der Waals surface area contributed by atoms with E-state index >= 15 is 0 Å². The van der Waals surface area contributed by atoms with Crippen molar-refractivity contribution in [3.63, 3.8) is 0 Å². The molecule has 2 heterocycles. The number of hydrogen-bond donors (Lipinski definition) is 4. The molecule has 0 bridgehead atoms. The molecule has 2 aromatic heterocycles. The Bertz CT molecular complexity index is 2220. The minimum absolute atomic E-state index is 0.00262. The number of ether oxygens (including phenoxy) is 3. The second-order valence-corrected chi connectivity index (χ2v) is 15.8. The summed E-state index contributed by atoms with van der Waals surface area (Å²) in [5.74, 6) is -5.95. The molecule has 336 valence electrons. The number of amides is 2. The number of rotatable bonds is 16. The quantitative estimate of drug-likeness (QED) is 0.0802. The van der Waals surface area contributed by atoms with Crippen molar-refractivity contribution in [2.75, 3.05) is 14.2 Å². The van der Waals surface area contributed by atoms with Crippen LogP contribution in [0.2, 0.25) is 0 Å². The normalized spacial score (nSPS) is 14.0. The molecule has 0 radical (unpaired) electrons. The Balaban J connectivity index is 0.000000330. The average molecular weight is 865 g/mol. The molecule has 0 fully saturated rings. The van der Waals surface area contributed by atoms with E-state index in [1.807, 2.05) is 33.8 Å². The van der Waals surface area contributed by atoms with Crippen LogP contribution in [0, 0.1) is 37.3 Å². The summed E-state index contributed by atoms with van der Waals surface area (Å²) < 4.78 is 44.9. The van der Waals surface area contributed by atoms with Crippen LogP contribution in [0.15, 0.2) is 60.9 Å². The van der Waals surface area contributed by atoms with Gasteiger partial charge in [-0.1, -0.05) is 52.0 Å². The predicted molar refractivity (Wildman–Crippen MR) is 228 cm³/mol. The second kappa shape index (κ2) is 22.0. The summed E-state index contributed by atoms with van der Waals surface area (Å²) in [5.41, 5.74) is 1.84. The minimum Gasteiger partial charge on any atom is -0.503 e. The fourth-order valence-corrected chi connectivity index (χ4v) is 7.47. The number of benzene rings is 2. The third kappa shape index (κ3) is 11.9. The molecule has 62 heavy (non-hydrogen) atoms. The van der Waals surface area contributed by atoms with Gasteiger partial charge in [-0.3, -0.25) is 9.59 Å². The standard InChI is InChI=1S/2C23H29FN2O5/c1-12(2)19(16-8-7-13(3)11-17(16)24)15(5)31-23(29)14(4)26-22(28)20-21(27)18(30-6)9-10-25-20;1-12(2)19(16-8-7-13(3)11-17(16)24)14(4)26(15(5)23(29)30)22(28)20-21(27)18(31-6)9-10-25-20/h7-12,14-15,19,27H,1-6H3,(H,26,28);7-12,14-15,19,27H,1-6H3,(H,29,30)/t14-,15-,19+;14?,15-,19+/m00/s1. The van der Waals surface area contributed by atoms with Gasteiger partial charge in [-0.25, -0.2) is 28.3 Å². The molecule has 0 aliphatic rings. The van der Waals surface area contributed by atoms with Gasteiger partial charge in [-0.05, 0) is 87.8 Å². The molecule has 0 aliphatic carbocycles. The SMILES string of the molecule is COc1ccnc(C(=O)N(C(C)[C@H](c2ccc(C)cc2F)C(C)C)[C@@H](C)C(=O)O)c1O.COc1ccnc(C(=O)N[C@@H](C)C(=O)O[C@@H](C)[C@H](c2ccc(C)cc2F)C(C)C)c1O. The van der Waals surface area contributed by atoms with E-state index in [2.05, 4.69) is 15.3 Å². The lowest BCUT2D eigenvalue weighted by molar-refractivity contribution is -0.151. The maximum atomic E-state index is 14.8. The van der Waals surface area contributed by atoms with Crippen LogP contribution in [0.3, 0.4) is 0 Å². The summed E-state index contributed by atoms with van der Waals surface area (Å²) >= 11 is 0. The number of carboxylic acids is 1. The summed E-state index contributed by atoms with van der Waals surface area (Å²) in [4.78, 5) is 59.2. The Morgan fingerprint density at radius 2 is 1.15 bits per heavy atom. The molecule has 2 amide bonds. The third-order valence-corrected chi connectivity index (χ3v) is 10.6. The molecular weight excluding hydrogens is 807 g/mol. The first-order valence-corrected chi connectivity index (χ1v) is 20.1. The van der Waals surface area contributed by atoms with Gasteiger partial charge in [0.05, 0.1) is 14.2 Å². The van der Waals surface area contributed by atoms with Crippen molar-refractivity contribution in [2.45, 2.75) is 105 Å². The number of aryl methyl sites for hydroxylation is 2. The number of methoxy groups -OCH3 is 2. The van der Waals surface area contributed by atoms with Crippen LogP contribution in [0.4, 0.5) is 8.78 Å². The number of esters is 1. The number of halogens is 2. The molecule has 1 unspecified atom stereocenters. The highest BCUT2D eigenvalue weighted by Gasteiger charge is 2.39. The summed E-state index contributed by atoms with van der Waals surface area (Å²) in [6, 6.07) is 9.66. The molecule has 0 saturated carbocycles. The number of pyridine rings is 2. The van der Waals surface area contributed by atoms with Crippen LogP contribution in [0.25, 0.3) is 0 Å². The van der Waals surface area contributed by atoms with Crippen LogP contribution in [0.5, 0.6) is 23.0 Å². The van der Waals surface area contributed by atoms with Crippen molar-refractivity contribution in [2.24, 2.45) is 11.8 Å². The molecule has 4 aromatic rings. The lowest BCUT2D eigenvalue weighted by atomic mass is 9.81. The average Bonchev–Trinajstić information content (AvgIpc) is 3.19. The largest absolute Gasteiger partial charge is 0.503 e. The van der Waals surface area contributed by atoms with Crippen molar-refractivity contribution in [1.82, 2.24) is 20.2 Å². The zero-order valence-electron chi connectivity index (χ0n) is 37.2. The molecule has 6 atom stereocenters. The van der Waals surface area contributed by atoms with Crippen molar-refractivity contribution in [3.05, 3.63) is 106 Å². The van der Waals surface area contributed by atoms with E-state index in [4.69, 9.17) is 14.2 Å².